The lowest BCUT2D eigenvalue weighted by Gasteiger charge is -2.62. The molecule has 0 aromatic carbocycles. The van der Waals surface area contributed by atoms with E-state index in [4.69, 9.17) is 43.2 Å². The van der Waals surface area contributed by atoms with Crippen LogP contribution < -0.4 is 0 Å². The number of hydrogen-bond donors (Lipinski definition) is 0. The molecule has 0 N–H and O–H groups in total. The Hall–Kier alpha value is -0.360. The molecule has 220 valence electrons. The fourth-order valence-electron chi connectivity index (χ4n) is 10.2. The summed E-state index contributed by atoms with van der Waals surface area (Å²) in [4.78, 5) is 24.6. The Labute approximate surface area is 231 Å². The third kappa shape index (κ3) is 3.45. The summed E-state index contributed by atoms with van der Waals surface area (Å²) in [6.45, 7) is 13.0. The van der Waals surface area contributed by atoms with Crippen LogP contribution in [0.25, 0.3) is 0 Å². The van der Waals surface area contributed by atoms with Crippen molar-refractivity contribution in [1.82, 2.24) is 0 Å². The lowest BCUT2D eigenvalue weighted by atomic mass is 9.58. The molecule has 8 saturated heterocycles. The van der Waals surface area contributed by atoms with Gasteiger partial charge in [0, 0.05) is 36.5 Å². The third-order valence-electron chi connectivity index (χ3n) is 12.5. The maximum absolute atomic E-state index is 6.85. The minimum Gasteiger partial charge on any atom is -0.323 e. The van der Waals surface area contributed by atoms with Gasteiger partial charge in [0.05, 0.1) is 0 Å². The first kappa shape index (κ1) is 26.3. The molecule has 10 rings (SSSR count). The minimum atomic E-state index is -0.808. The van der Waals surface area contributed by atoms with Crippen molar-refractivity contribution in [2.45, 2.75) is 141 Å². The Morgan fingerprint density at radius 1 is 0.538 bits per heavy atom. The van der Waals surface area contributed by atoms with Gasteiger partial charge in [-0.15, -0.1) is 0 Å². The van der Waals surface area contributed by atoms with Crippen LogP contribution in [0.5, 0.6) is 0 Å². The summed E-state index contributed by atoms with van der Waals surface area (Å²) in [5.41, 5.74) is -1.21. The Morgan fingerprint density at radius 2 is 0.974 bits per heavy atom. The van der Waals surface area contributed by atoms with E-state index in [1.807, 2.05) is 13.8 Å². The van der Waals surface area contributed by atoms with Gasteiger partial charge in [0.2, 0.25) is 11.6 Å². The number of fused-ring (bicyclic) bond motifs is 4. The molecule has 2 saturated carbocycles. The van der Waals surface area contributed by atoms with Gasteiger partial charge in [-0.25, -0.2) is 19.6 Å². The quantitative estimate of drug-likeness (QED) is 0.419. The molecule has 39 heavy (non-hydrogen) atoms. The normalized spacial score (nSPS) is 63.5. The second kappa shape index (κ2) is 8.60. The predicted molar refractivity (Wildman–Crippen MR) is 135 cm³/mol. The van der Waals surface area contributed by atoms with Crippen molar-refractivity contribution in [3.8, 4) is 0 Å². The van der Waals surface area contributed by atoms with Gasteiger partial charge < -0.3 is 23.7 Å². The van der Waals surface area contributed by atoms with Crippen molar-refractivity contribution >= 4 is 0 Å². The number of ether oxygens (including phenoxy) is 5. The highest BCUT2D eigenvalue weighted by atomic mass is 17.3. The van der Waals surface area contributed by atoms with Crippen molar-refractivity contribution in [1.29, 1.82) is 0 Å². The standard InChI is InChI=1S/C30H46O9/c1-15-7-9-21-17(3)23(32-25-29(21)19(15)11-13-27(5,34-25)36-38-29)31-24-18(4)22-10-8-16(2)20-12-14-28(6)35-26(33-24)30(20,22)39-37-28/h15-26H,7-14H2,1-6H3/t15-,16-,17-,18-,19+,20+,21+,22+,23-,24+,25-,26-,27+,28+,29-,30-/m1/s1. The first-order valence-corrected chi connectivity index (χ1v) is 15.6. The summed E-state index contributed by atoms with van der Waals surface area (Å²) in [5.74, 6) is 0.661. The summed E-state index contributed by atoms with van der Waals surface area (Å²) >= 11 is 0. The fourth-order valence-corrected chi connectivity index (χ4v) is 10.2. The smallest absolute Gasteiger partial charge is 0.201 e. The fraction of sp³-hybridized carbons (Fsp3) is 1.00. The molecule has 2 spiro atoms. The highest BCUT2D eigenvalue weighted by molar-refractivity contribution is 5.11. The van der Waals surface area contributed by atoms with E-state index < -0.39 is 47.9 Å². The maximum atomic E-state index is 6.85. The summed E-state index contributed by atoms with van der Waals surface area (Å²) in [7, 11) is 0. The average molecular weight is 551 g/mol. The van der Waals surface area contributed by atoms with Gasteiger partial charge in [0.25, 0.3) is 0 Å². The summed E-state index contributed by atoms with van der Waals surface area (Å²) in [6.07, 6.45) is 5.95. The van der Waals surface area contributed by atoms with Crippen molar-refractivity contribution < 1.29 is 43.2 Å². The predicted octanol–water partition coefficient (Wildman–Crippen LogP) is 5.42. The first-order chi connectivity index (χ1) is 18.6. The van der Waals surface area contributed by atoms with E-state index in [-0.39, 0.29) is 23.7 Å². The maximum Gasteiger partial charge on any atom is 0.201 e. The van der Waals surface area contributed by atoms with Gasteiger partial charge in [0.15, 0.2) is 36.4 Å². The molecule has 0 amide bonds. The average Bonchev–Trinajstić information content (AvgIpc) is 3.27. The monoisotopic (exact) mass is 550 g/mol. The lowest BCUT2D eigenvalue weighted by molar-refractivity contribution is -0.590. The van der Waals surface area contributed by atoms with Gasteiger partial charge in [-0.3, -0.25) is 0 Å². The highest BCUT2D eigenvalue weighted by Crippen LogP contribution is 2.63. The van der Waals surface area contributed by atoms with Crippen molar-refractivity contribution in [3.63, 3.8) is 0 Å². The summed E-state index contributed by atoms with van der Waals surface area (Å²) in [5, 5.41) is 0. The number of rotatable bonds is 2. The summed E-state index contributed by atoms with van der Waals surface area (Å²) in [6, 6.07) is 0. The van der Waals surface area contributed by atoms with E-state index in [1.165, 1.54) is 0 Å². The largest absolute Gasteiger partial charge is 0.323 e. The zero-order valence-electron chi connectivity index (χ0n) is 24.3. The molecule has 0 unspecified atom stereocenters. The van der Waals surface area contributed by atoms with Crippen LogP contribution in [0.4, 0.5) is 0 Å². The minimum absolute atomic E-state index is 0.0836. The second-order valence-electron chi connectivity index (χ2n) is 14.7. The van der Waals surface area contributed by atoms with Gasteiger partial charge >= 0.3 is 0 Å². The van der Waals surface area contributed by atoms with Gasteiger partial charge in [-0.1, -0.05) is 27.7 Å². The van der Waals surface area contributed by atoms with Crippen LogP contribution in [0.3, 0.4) is 0 Å². The molecule has 9 heteroatoms. The van der Waals surface area contributed by atoms with E-state index in [0.717, 1.165) is 51.4 Å². The molecule has 9 nitrogen and oxygen atoms in total. The molecule has 16 atom stereocenters. The SMILES string of the molecule is C[C@H]1[C@H](O[C@H]2O[C@@H]3O[C@]4(C)CC[C@H]5[C@H](C)CC[C@@H]([C@H]2C)[C@@]35OO4)O[C@@H]2O[C@]3(C)CC[C@H]4[C@H](C)CC[C@@H]1[C@@]24OO3. The molecule has 10 aliphatic rings. The highest BCUT2D eigenvalue weighted by Gasteiger charge is 2.72. The van der Waals surface area contributed by atoms with Crippen LogP contribution in [0.15, 0.2) is 0 Å². The lowest BCUT2D eigenvalue weighted by Crippen LogP contribution is -2.72. The molecular formula is C30H46O9. The van der Waals surface area contributed by atoms with E-state index in [2.05, 4.69) is 27.7 Å². The molecule has 0 radical (unpaired) electrons. The Kier molecular flexibility index (Phi) is 5.80. The zero-order valence-corrected chi connectivity index (χ0v) is 24.3. The second-order valence-corrected chi connectivity index (χ2v) is 14.7. The van der Waals surface area contributed by atoms with Crippen molar-refractivity contribution in [2.24, 2.45) is 47.3 Å². The van der Waals surface area contributed by atoms with Crippen LogP contribution in [-0.2, 0) is 43.2 Å². The Morgan fingerprint density at radius 3 is 1.41 bits per heavy atom. The first-order valence-electron chi connectivity index (χ1n) is 15.6. The molecule has 0 aromatic rings. The van der Waals surface area contributed by atoms with Crippen LogP contribution in [-0.4, -0.2) is 47.9 Å². The zero-order chi connectivity index (χ0) is 26.9. The molecule has 2 aliphatic carbocycles. The number of hydrogen-bond acceptors (Lipinski definition) is 9. The van der Waals surface area contributed by atoms with E-state index in [9.17, 15) is 0 Å². The molecule has 10 fully saturated rings. The Bertz CT molecular complexity index is 919. The van der Waals surface area contributed by atoms with Crippen LogP contribution in [0, 0.1) is 47.3 Å². The van der Waals surface area contributed by atoms with E-state index in [0.29, 0.717) is 23.7 Å². The molecule has 4 bridgehead atoms. The molecule has 8 aliphatic heterocycles. The van der Waals surface area contributed by atoms with Gasteiger partial charge in [-0.05, 0) is 76.0 Å². The van der Waals surface area contributed by atoms with Gasteiger partial charge in [0.1, 0.15) is 0 Å². The van der Waals surface area contributed by atoms with E-state index in [1.54, 1.807) is 0 Å². The molecule has 8 heterocycles. The van der Waals surface area contributed by atoms with Crippen LogP contribution >= 0.6 is 0 Å². The van der Waals surface area contributed by atoms with Crippen LogP contribution in [0.2, 0.25) is 0 Å². The van der Waals surface area contributed by atoms with Crippen molar-refractivity contribution in [2.75, 3.05) is 0 Å². The van der Waals surface area contributed by atoms with E-state index >= 15 is 0 Å². The molecular weight excluding hydrogens is 504 g/mol. The Balaban J connectivity index is 1.09. The van der Waals surface area contributed by atoms with Crippen LogP contribution in [0.1, 0.15) is 92.9 Å². The third-order valence-corrected chi connectivity index (χ3v) is 12.5. The molecule has 0 aromatic heterocycles. The topological polar surface area (TPSA) is 83.1 Å². The van der Waals surface area contributed by atoms with Gasteiger partial charge in [-0.2, -0.15) is 0 Å². The van der Waals surface area contributed by atoms with Crippen molar-refractivity contribution in [3.05, 3.63) is 0 Å². The summed E-state index contributed by atoms with van der Waals surface area (Å²) < 4.78 is 33.4.